The van der Waals surface area contributed by atoms with Gasteiger partial charge in [-0.3, -0.25) is 10.9 Å². The molecular weight excluding hydrogens is 368 g/mol. The van der Waals surface area contributed by atoms with E-state index in [4.69, 9.17) is 0 Å². The van der Waals surface area contributed by atoms with Crippen molar-refractivity contribution in [2.75, 3.05) is 31.1 Å². The molecule has 3 aliphatic heterocycles. The molecule has 0 aromatic carbocycles. The predicted octanol–water partition coefficient (Wildman–Crippen LogP) is -0.924. The third kappa shape index (κ3) is 2.72. The minimum Gasteiger partial charge on any atom is -0.355 e. The van der Waals surface area contributed by atoms with Crippen molar-refractivity contribution >= 4 is 21.5 Å². The summed E-state index contributed by atoms with van der Waals surface area (Å²) in [5.74, 6) is 1.56. The molecule has 0 bridgehead atoms. The molecule has 4 unspecified atom stereocenters. The number of hydrogen-bond donors (Lipinski definition) is 2. The van der Waals surface area contributed by atoms with Gasteiger partial charge in [-0.05, 0) is 37.8 Å². The fraction of sp³-hybridized carbons (Fsp3) is 0.688. The summed E-state index contributed by atoms with van der Waals surface area (Å²) in [5.41, 5.74) is 6.83. The molecule has 0 amide bonds. The first kappa shape index (κ1) is 17.3. The molecule has 3 saturated heterocycles. The molecule has 0 spiro atoms. The minimum atomic E-state index is -3.33. The maximum absolute atomic E-state index is 13.2. The zero-order valence-electron chi connectivity index (χ0n) is 15.4. The summed E-state index contributed by atoms with van der Waals surface area (Å²) in [6, 6.07) is 3.67. The molecule has 0 saturated carbocycles. The van der Waals surface area contributed by atoms with Crippen molar-refractivity contribution in [3.8, 4) is 0 Å². The Labute approximate surface area is 157 Å². The Morgan fingerprint density at radius 1 is 1.04 bits per heavy atom. The van der Waals surface area contributed by atoms with E-state index in [2.05, 4.69) is 31.0 Å². The number of nitrogens with one attached hydrogen (secondary N) is 2. The van der Waals surface area contributed by atoms with Gasteiger partial charge in [0.2, 0.25) is 10.0 Å². The van der Waals surface area contributed by atoms with Gasteiger partial charge in [0.1, 0.15) is 17.4 Å². The fourth-order valence-corrected chi connectivity index (χ4v) is 7.09. The summed E-state index contributed by atoms with van der Waals surface area (Å²) in [6.45, 7) is 6.67. The molecule has 11 heteroatoms. The first-order chi connectivity index (χ1) is 12.9. The van der Waals surface area contributed by atoms with Crippen LogP contribution in [0.4, 0.5) is 5.82 Å². The van der Waals surface area contributed by atoms with Crippen LogP contribution < -0.4 is 15.8 Å². The van der Waals surface area contributed by atoms with E-state index in [9.17, 15) is 8.42 Å². The molecule has 4 atom stereocenters. The predicted molar refractivity (Wildman–Crippen MR) is 99.5 cm³/mol. The highest BCUT2D eigenvalue weighted by atomic mass is 32.2. The van der Waals surface area contributed by atoms with Gasteiger partial charge in [-0.2, -0.15) is 4.52 Å². The van der Waals surface area contributed by atoms with Crippen LogP contribution in [0.1, 0.15) is 13.8 Å². The Morgan fingerprint density at radius 2 is 1.70 bits per heavy atom. The number of hydrogen-bond acceptors (Lipinski definition) is 8. The lowest BCUT2D eigenvalue weighted by molar-refractivity contribution is 0.434. The van der Waals surface area contributed by atoms with Crippen LogP contribution in [0.3, 0.4) is 0 Å². The van der Waals surface area contributed by atoms with Gasteiger partial charge in [-0.25, -0.2) is 12.7 Å². The van der Waals surface area contributed by atoms with E-state index >= 15 is 0 Å². The maximum atomic E-state index is 13.2. The summed E-state index contributed by atoms with van der Waals surface area (Å²) < 4.78 is 29.7. The lowest BCUT2D eigenvalue weighted by Gasteiger charge is -2.27. The number of aromatic nitrogens is 4. The number of sulfonamides is 1. The van der Waals surface area contributed by atoms with Crippen LogP contribution in [-0.2, 0) is 10.0 Å². The summed E-state index contributed by atoms with van der Waals surface area (Å²) in [6.07, 6.45) is 1.59. The Hall–Kier alpha value is -1.82. The summed E-state index contributed by atoms with van der Waals surface area (Å²) in [5, 5.41) is 12.0. The Morgan fingerprint density at radius 3 is 2.37 bits per heavy atom. The van der Waals surface area contributed by atoms with Crippen LogP contribution in [0.5, 0.6) is 0 Å². The van der Waals surface area contributed by atoms with Crippen LogP contribution >= 0.6 is 0 Å². The molecule has 2 aromatic heterocycles. The van der Waals surface area contributed by atoms with Gasteiger partial charge in [-0.15, -0.1) is 15.3 Å². The lowest BCUT2D eigenvalue weighted by Crippen LogP contribution is -2.47. The van der Waals surface area contributed by atoms with Gasteiger partial charge in [0, 0.05) is 38.3 Å². The van der Waals surface area contributed by atoms with Gasteiger partial charge in [0.15, 0.2) is 5.65 Å². The molecule has 0 aliphatic carbocycles. The van der Waals surface area contributed by atoms with Crippen LogP contribution in [-0.4, -0.2) is 76.0 Å². The number of anilines is 1. The molecular formula is C16H24N8O2S. The fourth-order valence-electron chi connectivity index (χ4n) is 4.78. The van der Waals surface area contributed by atoms with Gasteiger partial charge in [0.05, 0.1) is 0 Å². The third-order valence-electron chi connectivity index (χ3n) is 6.15. The highest BCUT2D eigenvalue weighted by Gasteiger charge is 2.49. The zero-order valence-corrected chi connectivity index (χ0v) is 16.2. The van der Waals surface area contributed by atoms with Crippen LogP contribution in [0.2, 0.25) is 0 Å². The van der Waals surface area contributed by atoms with Crippen molar-refractivity contribution in [2.45, 2.75) is 31.2 Å². The molecule has 2 aromatic rings. The molecule has 5 rings (SSSR count). The van der Waals surface area contributed by atoms with Crippen molar-refractivity contribution in [2.24, 2.45) is 11.8 Å². The quantitative estimate of drug-likeness (QED) is 0.690. The summed E-state index contributed by atoms with van der Waals surface area (Å²) in [7, 11) is -3.33. The minimum absolute atomic E-state index is 0.0957. The lowest BCUT2D eigenvalue weighted by atomic mass is 10.0. The van der Waals surface area contributed by atoms with E-state index in [1.54, 1.807) is 15.1 Å². The molecule has 3 aliphatic rings. The number of fused-ring (bicyclic) bond motifs is 2. The maximum Gasteiger partial charge on any atom is 0.220 e. The second-order valence-corrected chi connectivity index (χ2v) is 10.0. The second kappa shape index (κ2) is 6.09. The van der Waals surface area contributed by atoms with E-state index in [-0.39, 0.29) is 12.1 Å². The Kier molecular flexibility index (Phi) is 3.90. The number of nitrogens with zero attached hydrogens (tertiary/aromatic N) is 6. The molecule has 2 N–H and O–H groups in total. The monoisotopic (exact) mass is 392 g/mol. The summed E-state index contributed by atoms with van der Waals surface area (Å²) in [4.78, 5) is 2.24. The molecule has 10 nitrogen and oxygen atoms in total. The topological polar surface area (TPSA) is 108 Å². The molecule has 0 radical (unpaired) electrons. The van der Waals surface area contributed by atoms with Crippen molar-refractivity contribution in [1.29, 1.82) is 0 Å². The number of rotatable bonds is 3. The normalized spacial score (nSPS) is 34.6. The van der Waals surface area contributed by atoms with Crippen LogP contribution in [0.25, 0.3) is 5.65 Å². The van der Waals surface area contributed by atoms with Crippen LogP contribution in [0.15, 0.2) is 18.5 Å². The average Bonchev–Trinajstić information content (AvgIpc) is 3.36. The first-order valence-electron chi connectivity index (χ1n) is 9.35. The molecule has 27 heavy (non-hydrogen) atoms. The highest BCUT2D eigenvalue weighted by Crippen LogP contribution is 2.36. The zero-order chi connectivity index (χ0) is 18.8. The molecule has 5 heterocycles. The first-order valence-corrected chi connectivity index (χ1v) is 10.9. The van der Waals surface area contributed by atoms with Gasteiger partial charge < -0.3 is 4.90 Å². The highest BCUT2D eigenvalue weighted by molar-refractivity contribution is 7.89. The van der Waals surface area contributed by atoms with Gasteiger partial charge >= 0.3 is 0 Å². The van der Waals surface area contributed by atoms with Crippen molar-refractivity contribution in [3.63, 3.8) is 0 Å². The SMILES string of the molecule is CC1NNC(C)C1S(=O)(=O)N1CC2CN(c3ccc4nncn4n3)CC2C1. The van der Waals surface area contributed by atoms with Crippen molar-refractivity contribution in [1.82, 2.24) is 35.0 Å². The van der Waals surface area contributed by atoms with Crippen molar-refractivity contribution < 1.29 is 8.42 Å². The molecule has 3 fully saturated rings. The smallest absolute Gasteiger partial charge is 0.220 e. The van der Waals surface area contributed by atoms with Gasteiger partial charge in [0.25, 0.3) is 0 Å². The Bertz CT molecular complexity index is 938. The van der Waals surface area contributed by atoms with E-state index in [0.717, 1.165) is 24.6 Å². The van der Waals surface area contributed by atoms with Gasteiger partial charge in [-0.1, -0.05) is 0 Å². The van der Waals surface area contributed by atoms with E-state index in [1.807, 2.05) is 26.0 Å². The standard InChI is InChI=1S/C16H24N8O2S/c1-10-16(11(2)19-18-10)27(25,26)23-7-12-5-22(6-13(12)8-23)15-4-3-14-20-17-9-24(14)21-15/h3-4,9-13,16,18-19H,5-8H2,1-2H3. The Balaban J connectivity index is 1.30. The van der Waals surface area contributed by atoms with E-state index in [0.29, 0.717) is 24.9 Å². The molecule has 146 valence electrons. The van der Waals surface area contributed by atoms with E-state index < -0.39 is 15.3 Å². The average molecular weight is 392 g/mol. The summed E-state index contributed by atoms with van der Waals surface area (Å²) >= 11 is 0. The van der Waals surface area contributed by atoms with E-state index in [1.165, 1.54) is 0 Å². The number of hydrazine groups is 1. The van der Waals surface area contributed by atoms with Crippen LogP contribution in [0, 0.1) is 11.8 Å². The largest absolute Gasteiger partial charge is 0.355 e. The van der Waals surface area contributed by atoms with Crippen molar-refractivity contribution in [3.05, 3.63) is 18.5 Å². The second-order valence-electron chi connectivity index (χ2n) is 7.94. The third-order valence-corrected chi connectivity index (χ3v) is 8.67.